The number of rotatable bonds is 4. The molecule has 27 heavy (non-hydrogen) atoms. The van der Waals surface area contributed by atoms with E-state index in [1.165, 1.54) is 35.0 Å². The number of aromatic amines is 1. The Hall–Kier alpha value is -2.38. The van der Waals surface area contributed by atoms with Gasteiger partial charge in [0.1, 0.15) is 10.6 Å². The van der Waals surface area contributed by atoms with Crippen LogP contribution in [0.15, 0.2) is 35.6 Å². The zero-order chi connectivity index (χ0) is 18.4. The topological polar surface area (TPSA) is 84.7 Å². The quantitative estimate of drug-likeness (QED) is 0.300. The van der Waals surface area contributed by atoms with E-state index in [1.807, 2.05) is 24.3 Å². The third-order valence-corrected chi connectivity index (χ3v) is 7.08. The van der Waals surface area contributed by atoms with Crippen molar-refractivity contribution in [1.82, 2.24) is 15.0 Å². The maximum atomic E-state index is 12.7. The second-order valence-corrected chi connectivity index (χ2v) is 8.77. The molecule has 5 nitrogen and oxygen atoms in total. The highest BCUT2D eigenvalue weighted by atomic mass is 32.2. The number of nitrogens with two attached hydrogens (primary N) is 1. The van der Waals surface area contributed by atoms with E-state index in [9.17, 15) is 4.79 Å². The van der Waals surface area contributed by atoms with Crippen LogP contribution in [-0.2, 0) is 12.8 Å². The minimum Gasteiger partial charge on any atom is -0.383 e. The van der Waals surface area contributed by atoms with Crippen LogP contribution in [0, 0.1) is 0 Å². The molecule has 1 aromatic carbocycles. The Balaban J connectivity index is 1.41. The standard InChI is InChI=1S/C20H18N4OS2/c21-18-17-12-6-2-4-8-16(12)27-19(17)24-20(23-18)26-10-15(25)13-9-22-14-7-3-1-5-11(13)14/h1,3,5,7,9,22H,2,4,6,8,10H2,(H2,21,23,24). The number of anilines is 1. The number of carbonyl (C=O) groups is 1. The number of nitrogens with one attached hydrogen (secondary N) is 1. The van der Waals surface area contributed by atoms with E-state index in [-0.39, 0.29) is 11.5 Å². The lowest BCUT2D eigenvalue weighted by atomic mass is 9.97. The van der Waals surface area contributed by atoms with Gasteiger partial charge in [-0.1, -0.05) is 30.0 Å². The van der Waals surface area contributed by atoms with E-state index >= 15 is 0 Å². The van der Waals surface area contributed by atoms with Crippen LogP contribution >= 0.6 is 23.1 Å². The van der Waals surface area contributed by atoms with Gasteiger partial charge in [0.25, 0.3) is 0 Å². The molecule has 1 aliphatic rings. The van der Waals surface area contributed by atoms with Gasteiger partial charge in [0.15, 0.2) is 10.9 Å². The first-order chi connectivity index (χ1) is 13.2. The second-order valence-electron chi connectivity index (χ2n) is 6.74. The summed E-state index contributed by atoms with van der Waals surface area (Å²) in [6.45, 7) is 0. The largest absolute Gasteiger partial charge is 0.383 e. The number of thioether (sulfide) groups is 1. The Morgan fingerprint density at radius 3 is 3.00 bits per heavy atom. The highest BCUT2D eigenvalue weighted by Gasteiger charge is 2.20. The number of hydrogen-bond acceptors (Lipinski definition) is 6. The third-order valence-electron chi connectivity index (χ3n) is 5.04. The molecule has 3 heterocycles. The molecule has 3 N–H and O–H groups in total. The van der Waals surface area contributed by atoms with Crippen molar-refractivity contribution in [2.24, 2.45) is 0 Å². The van der Waals surface area contributed by atoms with Crippen LogP contribution in [0.1, 0.15) is 33.6 Å². The number of fused-ring (bicyclic) bond motifs is 4. The average Bonchev–Trinajstić information content (AvgIpc) is 3.27. The highest BCUT2D eigenvalue weighted by Crippen LogP contribution is 2.38. The first kappa shape index (κ1) is 16.8. The van der Waals surface area contributed by atoms with E-state index in [0.717, 1.165) is 34.0 Å². The van der Waals surface area contributed by atoms with Crippen LogP contribution in [0.2, 0.25) is 0 Å². The summed E-state index contributed by atoms with van der Waals surface area (Å²) in [5.41, 5.74) is 9.27. The molecule has 0 fully saturated rings. The van der Waals surface area contributed by atoms with Crippen molar-refractivity contribution >= 4 is 55.8 Å². The number of benzene rings is 1. The molecule has 4 aromatic rings. The Morgan fingerprint density at radius 2 is 2.07 bits per heavy atom. The van der Waals surface area contributed by atoms with Crippen LogP contribution in [0.25, 0.3) is 21.1 Å². The molecule has 0 bridgehead atoms. The summed E-state index contributed by atoms with van der Waals surface area (Å²) in [5.74, 6) is 0.893. The summed E-state index contributed by atoms with van der Waals surface area (Å²) in [4.78, 5) is 27.3. The molecule has 0 spiro atoms. The first-order valence-corrected chi connectivity index (χ1v) is 10.8. The maximum absolute atomic E-state index is 12.7. The molecule has 0 atom stereocenters. The smallest absolute Gasteiger partial charge is 0.191 e. The fourth-order valence-electron chi connectivity index (χ4n) is 3.74. The van der Waals surface area contributed by atoms with Crippen molar-refractivity contribution in [1.29, 1.82) is 0 Å². The summed E-state index contributed by atoms with van der Waals surface area (Å²) < 4.78 is 0. The molecular weight excluding hydrogens is 376 g/mol. The Morgan fingerprint density at radius 1 is 1.22 bits per heavy atom. The molecular formula is C20H18N4OS2. The average molecular weight is 395 g/mol. The van der Waals surface area contributed by atoms with E-state index in [2.05, 4.69) is 15.0 Å². The number of aromatic nitrogens is 3. The van der Waals surface area contributed by atoms with Gasteiger partial charge in [0.2, 0.25) is 0 Å². The maximum Gasteiger partial charge on any atom is 0.191 e. The molecule has 0 amide bonds. The number of ketones is 1. The van der Waals surface area contributed by atoms with Crippen LogP contribution in [-0.4, -0.2) is 26.5 Å². The van der Waals surface area contributed by atoms with E-state index in [0.29, 0.717) is 16.5 Å². The lowest BCUT2D eigenvalue weighted by Gasteiger charge is -2.10. The van der Waals surface area contributed by atoms with E-state index in [4.69, 9.17) is 5.73 Å². The molecule has 0 aliphatic heterocycles. The Kier molecular flexibility index (Phi) is 4.13. The Labute approximate surface area is 164 Å². The minimum atomic E-state index is 0.0604. The normalized spacial score (nSPS) is 13.9. The van der Waals surface area contributed by atoms with Crippen molar-refractivity contribution in [3.05, 3.63) is 46.5 Å². The number of nitrogen functional groups attached to an aromatic ring is 1. The number of para-hydroxylation sites is 1. The lowest BCUT2D eigenvalue weighted by molar-refractivity contribution is 0.102. The van der Waals surface area contributed by atoms with Gasteiger partial charge in [-0.15, -0.1) is 11.3 Å². The van der Waals surface area contributed by atoms with Gasteiger partial charge in [-0.05, 0) is 37.3 Å². The molecule has 5 rings (SSSR count). The number of aryl methyl sites for hydroxylation is 2. The van der Waals surface area contributed by atoms with Gasteiger partial charge in [0, 0.05) is 27.5 Å². The molecule has 0 unspecified atom stereocenters. The van der Waals surface area contributed by atoms with Crippen molar-refractivity contribution in [2.45, 2.75) is 30.8 Å². The molecule has 0 radical (unpaired) electrons. The summed E-state index contributed by atoms with van der Waals surface area (Å²) in [7, 11) is 0. The monoisotopic (exact) mass is 394 g/mol. The van der Waals surface area contributed by atoms with Gasteiger partial charge in [-0.2, -0.15) is 0 Å². The summed E-state index contributed by atoms with van der Waals surface area (Å²) in [6.07, 6.45) is 6.38. The van der Waals surface area contributed by atoms with Crippen LogP contribution in [0.5, 0.6) is 0 Å². The summed E-state index contributed by atoms with van der Waals surface area (Å²) in [5, 5.41) is 2.55. The summed E-state index contributed by atoms with van der Waals surface area (Å²) >= 11 is 3.08. The van der Waals surface area contributed by atoms with Gasteiger partial charge in [-0.25, -0.2) is 9.97 Å². The SMILES string of the molecule is Nc1nc(SCC(=O)c2c[nH]c3ccccc23)nc2sc3c(c12)CCCC3. The fourth-order valence-corrected chi connectivity index (χ4v) is 5.80. The van der Waals surface area contributed by atoms with Crippen LogP contribution in [0.4, 0.5) is 5.82 Å². The van der Waals surface area contributed by atoms with Crippen LogP contribution < -0.4 is 5.73 Å². The van der Waals surface area contributed by atoms with E-state index in [1.54, 1.807) is 17.5 Å². The predicted octanol–water partition coefficient (Wildman–Crippen LogP) is 4.61. The molecule has 136 valence electrons. The third kappa shape index (κ3) is 2.91. The minimum absolute atomic E-state index is 0.0604. The van der Waals surface area contributed by atoms with Crippen molar-refractivity contribution in [3.8, 4) is 0 Å². The molecule has 0 saturated carbocycles. The van der Waals surface area contributed by atoms with Crippen molar-refractivity contribution in [3.63, 3.8) is 0 Å². The van der Waals surface area contributed by atoms with E-state index < -0.39 is 0 Å². The van der Waals surface area contributed by atoms with Crippen molar-refractivity contribution < 1.29 is 4.79 Å². The number of H-pyrrole nitrogens is 1. The summed E-state index contributed by atoms with van der Waals surface area (Å²) in [6, 6.07) is 7.82. The first-order valence-electron chi connectivity index (χ1n) is 9.00. The molecule has 7 heteroatoms. The molecule has 1 aliphatic carbocycles. The number of nitrogens with zero attached hydrogens (tertiary/aromatic N) is 2. The molecule has 3 aromatic heterocycles. The van der Waals surface area contributed by atoms with Gasteiger partial charge >= 0.3 is 0 Å². The van der Waals surface area contributed by atoms with Crippen molar-refractivity contribution in [2.75, 3.05) is 11.5 Å². The number of thiophene rings is 1. The highest BCUT2D eigenvalue weighted by molar-refractivity contribution is 7.99. The zero-order valence-electron chi connectivity index (χ0n) is 14.6. The fraction of sp³-hybridized carbons (Fsp3) is 0.250. The predicted molar refractivity (Wildman–Crippen MR) is 112 cm³/mol. The van der Waals surface area contributed by atoms with Gasteiger partial charge in [-0.3, -0.25) is 4.79 Å². The Bertz CT molecular complexity index is 1180. The van der Waals surface area contributed by atoms with Crippen LogP contribution in [0.3, 0.4) is 0 Å². The number of hydrogen-bond donors (Lipinski definition) is 2. The number of carbonyl (C=O) groups excluding carboxylic acids is 1. The number of Topliss-reactive ketones (excluding diaryl/α,β-unsaturated/α-hetero) is 1. The van der Waals surface area contributed by atoms with Gasteiger partial charge in [0.05, 0.1) is 11.1 Å². The molecule has 0 saturated heterocycles. The lowest BCUT2D eigenvalue weighted by Crippen LogP contribution is -2.04. The van der Waals surface area contributed by atoms with Gasteiger partial charge < -0.3 is 10.7 Å². The zero-order valence-corrected chi connectivity index (χ0v) is 16.3. The second kappa shape index (κ2) is 6.65.